The number of rotatable bonds is 1. The van der Waals surface area contributed by atoms with Crippen LogP contribution in [0.15, 0.2) is 24.3 Å². The van der Waals surface area contributed by atoms with E-state index in [1.165, 1.54) is 4.90 Å². The van der Waals surface area contributed by atoms with Crippen LogP contribution >= 0.6 is 0 Å². The molecule has 110 valence electrons. The van der Waals surface area contributed by atoms with E-state index in [2.05, 4.69) is 10.3 Å². The minimum atomic E-state index is -0.650. The molecule has 2 aliphatic heterocycles. The molecule has 2 aromatic rings. The first-order chi connectivity index (χ1) is 10.6. The van der Waals surface area contributed by atoms with Crippen LogP contribution in [-0.2, 0) is 9.59 Å². The van der Waals surface area contributed by atoms with E-state index >= 15 is 0 Å². The first-order valence-corrected chi connectivity index (χ1v) is 7.14. The number of hydrogen-bond donors (Lipinski definition) is 1. The van der Waals surface area contributed by atoms with Crippen molar-refractivity contribution in [1.29, 1.82) is 0 Å². The van der Waals surface area contributed by atoms with Gasteiger partial charge in [-0.3, -0.25) is 29.6 Å². The molecule has 2 aliphatic rings. The number of aromatic nitrogens is 1. The number of anilines is 1. The predicted octanol–water partition coefficient (Wildman–Crippen LogP) is 1.31. The van der Waals surface area contributed by atoms with Crippen molar-refractivity contribution in [1.82, 2.24) is 10.3 Å². The lowest BCUT2D eigenvalue weighted by Gasteiger charge is -2.30. The van der Waals surface area contributed by atoms with Gasteiger partial charge in [0.2, 0.25) is 11.8 Å². The van der Waals surface area contributed by atoms with Crippen LogP contribution in [0.1, 0.15) is 28.9 Å². The Morgan fingerprint density at radius 2 is 2.09 bits per heavy atom. The molecule has 22 heavy (non-hydrogen) atoms. The standard InChI is InChI=1S/C16H13N3O3/c1-8-7-12-14-9(3-2-4-10(14)17-8)16(22)19(12)11-5-6-13(20)18-15(11)21/h2-4,7,11H,5-6H2,1H3,(H,18,20,21). The van der Waals surface area contributed by atoms with Crippen molar-refractivity contribution in [2.75, 3.05) is 4.90 Å². The zero-order chi connectivity index (χ0) is 15.4. The lowest BCUT2D eigenvalue weighted by Crippen LogP contribution is -2.53. The van der Waals surface area contributed by atoms with E-state index in [0.29, 0.717) is 17.7 Å². The molecule has 1 aromatic heterocycles. The third kappa shape index (κ3) is 1.67. The van der Waals surface area contributed by atoms with Crippen molar-refractivity contribution < 1.29 is 14.4 Å². The molecule has 1 unspecified atom stereocenters. The highest BCUT2D eigenvalue weighted by atomic mass is 16.2. The summed E-state index contributed by atoms with van der Waals surface area (Å²) >= 11 is 0. The lowest BCUT2D eigenvalue weighted by atomic mass is 10.0. The summed E-state index contributed by atoms with van der Waals surface area (Å²) in [7, 11) is 0. The van der Waals surface area contributed by atoms with Crippen LogP contribution in [0.4, 0.5) is 5.69 Å². The molecular formula is C16H13N3O3. The number of nitrogens with one attached hydrogen (secondary N) is 1. The van der Waals surface area contributed by atoms with Crippen LogP contribution in [0.3, 0.4) is 0 Å². The molecule has 0 radical (unpaired) electrons. The van der Waals surface area contributed by atoms with Gasteiger partial charge in [-0.05, 0) is 31.5 Å². The second kappa shape index (κ2) is 4.37. The molecule has 4 rings (SSSR count). The maximum absolute atomic E-state index is 12.7. The molecule has 1 fully saturated rings. The van der Waals surface area contributed by atoms with E-state index in [0.717, 1.165) is 16.6 Å². The van der Waals surface area contributed by atoms with Gasteiger partial charge in [-0.2, -0.15) is 0 Å². The van der Waals surface area contributed by atoms with Gasteiger partial charge in [-0.1, -0.05) is 6.07 Å². The summed E-state index contributed by atoms with van der Waals surface area (Å²) in [6.07, 6.45) is 0.580. The minimum Gasteiger partial charge on any atom is -0.295 e. The van der Waals surface area contributed by atoms with Crippen molar-refractivity contribution in [3.8, 4) is 0 Å². The van der Waals surface area contributed by atoms with Gasteiger partial charge in [0, 0.05) is 17.5 Å². The van der Waals surface area contributed by atoms with E-state index < -0.39 is 11.9 Å². The molecule has 0 spiro atoms. The third-order valence-electron chi connectivity index (χ3n) is 4.17. The number of imide groups is 1. The Morgan fingerprint density at radius 1 is 1.27 bits per heavy atom. The van der Waals surface area contributed by atoms with E-state index in [1.807, 2.05) is 19.1 Å². The normalized spacial score (nSPS) is 20.7. The van der Waals surface area contributed by atoms with Crippen LogP contribution in [0, 0.1) is 6.92 Å². The van der Waals surface area contributed by atoms with Crippen LogP contribution in [-0.4, -0.2) is 28.7 Å². The number of benzene rings is 1. The lowest BCUT2D eigenvalue weighted by molar-refractivity contribution is -0.134. The highest BCUT2D eigenvalue weighted by molar-refractivity contribution is 6.26. The second-order valence-electron chi connectivity index (χ2n) is 5.62. The van der Waals surface area contributed by atoms with E-state index in [1.54, 1.807) is 12.1 Å². The maximum Gasteiger partial charge on any atom is 0.259 e. The van der Waals surface area contributed by atoms with Gasteiger partial charge in [-0.25, -0.2) is 0 Å². The van der Waals surface area contributed by atoms with Gasteiger partial charge in [0.05, 0.1) is 16.8 Å². The molecule has 1 aromatic carbocycles. The Hall–Kier alpha value is -2.76. The quantitative estimate of drug-likeness (QED) is 0.804. The number of pyridine rings is 1. The Morgan fingerprint density at radius 3 is 2.86 bits per heavy atom. The maximum atomic E-state index is 12.7. The van der Waals surface area contributed by atoms with E-state index in [-0.39, 0.29) is 18.2 Å². The first-order valence-electron chi connectivity index (χ1n) is 7.14. The fraction of sp³-hybridized carbons (Fsp3) is 0.250. The SMILES string of the molecule is Cc1cc2c3c(cccc3n1)C(=O)N2C1CCC(=O)NC1=O. The third-order valence-corrected chi connectivity index (χ3v) is 4.17. The van der Waals surface area contributed by atoms with Gasteiger partial charge in [-0.15, -0.1) is 0 Å². The number of nitrogens with zero attached hydrogens (tertiary/aromatic N) is 2. The molecular weight excluding hydrogens is 282 g/mol. The largest absolute Gasteiger partial charge is 0.295 e. The van der Waals surface area contributed by atoms with Gasteiger partial charge < -0.3 is 0 Å². The fourth-order valence-corrected chi connectivity index (χ4v) is 3.24. The van der Waals surface area contributed by atoms with Crippen molar-refractivity contribution in [2.45, 2.75) is 25.8 Å². The van der Waals surface area contributed by atoms with E-state index in [4.69, 9.17) is 0 Å². The summed E-state index contributed by atoms with van der Waals surface area (Å²) in [6.45, 7) is 1.86. The Bertz CT molecular complexity index is 859. The van der Waals surface area contributed by atoms with Gasteiger partial charge in [0.15, 0.2) is 0 Å². The van der Waals surface area contributed by atoms with Crippen LogP contribution in [0.25, 0.3) is 10.9 Å². The number of hydrogen-bond acceptors (Lipinski definition) is 4. The molecule has 0 saturated carbocycles. The Labute approximate surface area is 126 Å². The van der Waals surface area contributed by atoms with E-state index in [9.17, 15) is 14.4 Å². The summed E-state index contributed by atoms with van der Waals surface area (Å²) < 4.78 is 0. The van der Waals surface area contributed by atoms with Crippen LogP contribution < -0.4 is 10.2 Å². The summed E-state index contributed by atoms with van der Waals surface area (Å²) in [5.74, 6) is -0.913. The summed E-state index contributed by atoms with van der Waals surface area (Å²) in [5.41, 5.74) is 2.80. The van der Waals surface area contributed by atoms with Crippen molar-refractivity contribution >= 4 is 34.3 Å². The van der Waals surface area contributed by atoms with Crippen LogP contribution in [0.5, 0.6) is 0 Å². The van der Waals surface area contributed by atoms with Gasteiger partial charge in [0.1, 0.15) is 6.04 Å². The van der Waals surface area contributed by atoms with Gasteiger partial charge >= 0.3 is 0 Å². The van der Waals surface area contributed by atoms with Gasteiger partial charge in [0.25, 0.3) is 5.91 Å². The van der Waals surface area contributed by atoms with Crippen LogP contribution in [0.2, 0.25) is 0 Å². The molecule has 0 aliphatic carbocycles. The number of amides is 3. The molecule has 6 nitrogen and oxygen atoms in total. The number of aryl methyl sites for hydroxylation is 1. The first kappa shape index (κ1) is 12.9. The average molecular weight is 295 g/mol. The highest BCUT2D eigenvalue weighted by Crippen LogP contribution is 2.39. The monoisotopic (exact) mass is 295 g/mol. The fourth-order valence-electron chi connectivity index (χ4n) is 3.24. The Balaban J connectivity index is 1.89. The molecule has 3 heterocycles. The summed E-state index contributed by atoms with van der Waals surface area (Å²) in [4.78, 5) is 42.2. The van der Waals surface area contributed by atoms with Crippen molar-refractivity contribution in [2.24, 2.45) is 0 Å². The minimum absolute atomic E-state index is 0.206. The zero-order valence-electron chi connectivity index (χ0n) is 11.9. The second-order valence-corrected chi connectivity index (χ2v) is 5.62. The molecule has 3 amide bonds. The Kier molecular flexibility index (Phi) is 2.57. The molecule has 1 N–H and O–H groups in total. The average Bonchev–Trinajstić information content (AvgIpc) is 2.74. The number of carbonyl (C=O) groups is 3. The summed E-state index contributed by atoms with van der Waals surface area (Å²) in [5, 5.41) is 3.09. The smallest absolute Gasteiger partial charge is 0.259 e. The number of carbonyl (C=O) groups excluding carboxylic acids is 3. The highest BCUT2D eigenvalue weighted by Gasteiger charge is 2.40. The molecule has 1 saturated heterocycles. The molecule has 6 heteroatoms. The number of piperidine rings is 1. The molecule has 1 atom stereocenters. The zero-order valence-corrected chi connectivity index (χ0v) is 11.9. The topological polar surface area (TPSA) is 79.4 Å². The predicted molar refractivity (Wildman–Crippen MR) is 79.5 cm³/mol. The van der Waals surface area contributed by atoms with Crippen molar-refractivity contribution in [3.05, 3.63) is 35.5 Å². The van der Waals surface area contributed by atoms with Crippen molar-refractivity contribution in [3.63, 3.8) is 0 Å². The molecule has 0 bridgehead atoms. The summed E-state index contributed by atoms with van der Waals surface area (Å²) in [6, 6.07) is 6.57.